The van der Waals surface area contributed by atoms with Crippen LogP contribution in [0, 0.1) is 0 Å². The summed E-state index contributed by atoms with van der Waals surface area (Å²) >= 11 is 0. The molecule has 2 aromatic carbocycles. The molecule has 0 saturated carbocycles. The summed E-state index contributed by atoms with van der Waals surface area (Å²) in [6.07, 6.45) is 2.94. The van der Waals surface area contributed by atoms with Gasteiger partial charge in [0.15, 0.2) is 5.78 Å². The zero-order chi connectivity index (χ0) is 20.1. The van der Waals surface area contributed by atoms with Crippen molar-refractivity contribution < 1.29 is 9.59 Å². The van der Waals surface area contributed by atoms with Gasteiger partial charge in [0, 0.05) is 29.3 Å². The maximum absolute atomic E-state index is 12.4. The topological polar surface area (TPSA) is 84.0 Å². The molecule has 2 N–H and O–H groups in total. The van der Waals surface area contributed by atoms with Crippen LogP contribution in [0.5, 0.6) is 0 Å². The zero-order valence-corrected chi connectivity index (χ0v) is 16.1. The number of para-hydroxylation sites is 1. The lowest BCUT2D eigenvalue weighted by atomic mass is 10.0. The Morgan fingerprint density at radius 1 is 0.929 bits per heavy atom. The number of rotatable bonds is 6. The molecule has 0 aliphatic heterocycles. The molecule has 0 aliphatic rings. The van der Waals surface area contributed by atoms with Crippen LogP contribution in [-0.4, -0.2) is 21.7 Å². The molecular weight excluding hydrogens is 352 g/mol. The van der Waals surface area contributed by atoms with Gasteiger partial charge in [-0.2, -0.15) is 0 Å². The fraction of sp³-hybridized carbons (Fsp3) is 0.182. The number of nitrogens with one attached hydrogen (secondary N) is 2. The molecule has 0 bridgehead atoms. The molecule has 6 nitrogen and oxygen atoms in total. The van der Waals surface area contributed by atoms with Crippen molar-refractivity contribution in [1.29, 1.82) is 0 Å². The monoisotopic (exact) mass is 374 g/mol. The molecule has 142 valence electrons. The first kappa shape index (κ1) is 19.2. The van der Waals surface area contributed by atoms with Crippen molar-refractivity contribution >= 4 is 29.0 Å². The van der Waals surface area contributed by atoms with E-state index < -0.39 is 0 Å². The lowest BCUT2D eigenvalue weighted by molar-refractivity contribution is 0.101. The summed E-state index contributed by atoms with van der Waals surface area (Å²) < 4.78 is 0. The van der Waals surface area contributed by atoms with Crippen molar-refractivity contribution in [2.45, 2.75) is 26.7 Å². The van der Waals surface area contributed by atoms with Crippen molar-refractivity contribution in [2.75, 3.05) is 10.6 Å². The number of ketones is 1. The minimum absolute atomic E-state index is 0.0588. The van der Waals surface area contributed by atoms with E-state index in [0.29, 0.717) is 28.7 Å². The van der Waals surface area contributed by atoms with Crippen LogP contribution in [0.4, 0.5) is 17.3 Å². The maximum atomic E-state index is 12.4. The lowest BCUT2D eigenvalue weighted by Gasteiger charge is -2.13. The van der Waals surface area contributed by atoms with Gasteiger partial charge in [0.05, 0.1) is 5.56 Å². The first-order valence-electron chi connectivity index (χ1n) is 9.04. The second-order valence-corrected chi connectivity index (χ2v) is 6.75. The van der Waals surface area contributed by atoms with Crippen LogP contribution in [0.2, 0.25) is 0 Å². The van der Waals surface area contributed by atoms with Crippen molar-refractivity contribution in [3.8, 4) is 0 Å². The number of amides is 1. The number of nitrogens with zero attached hydrogens (tertiary/aromatic N) is 2. The highest BCUT2D eigenvalue weighted by atomic mass is 16.1. The molecule has 1 aromatic heterocycles. The van der Waals surface area contributed by atoms with E-state index in [9.17, 15) is 9.59 Å². The average Bonchev–Trinajstić information content (AvgIpc) is 2.69. The van der Waals surface area contributed by atoms with Gasteiger partial charge in [0.25, 0.3) is 5.91 Å². The number of aromatic nitrogens is 2. The third-order valence-electron chi connectivity index (χ3n) is 4.27. The zero-order valence-electron chi connectivity index (χ0n) is 16.1. The highest BCUT2D eigenvalue weighted by Crippen LogP contribution is 2.25. The van der Waals surface area contributed by atoms with Gasteiger partial charge in [-0.25, -0.2) is 9.97 Å². The molecular formula is C22H22N4O2. The van der Waals surface area contributed by atoms with Gasteiger partial charge in [-0.3, -0.25) is 9.59 Å². The number of anilines is 3. The van der Waals surface area contributed by atoms with Gasteiger partial charge < -0.3 is 10.6 Å². The largest absolute Gasteiger partial charge is 0.324 e. The van der Waals surface area contributed by atoms with E-state index in [-0.39, 0.29) is 11.7 Å². The quantitative estimate of drug-likeness (QED) is 0.606. The van der Waals surface area contributed by atoms with Gasteiger partial charge in [0.1, 0.15) is 0 Å². The molecule has 0 aliphatic carbocycles. The molecule has 1 amide bonds. The summed E-state index contributed by atoms with van der Waals surface area (Å²) in [7, 11) is 0. The Bertz CT molecular complexity index is 997. The third kappa shape index (κ3) is 4.59. The Hall–Kier alpha value is -3.54. The van der Waals surface area contributed by atoms with Crippen LogP contribution >= 0.6 is 0 Å². The summed E-state index contributed by atoms with van der Waals surface area (Å²) in [6.45, 7) is 5.73. The van der Waals surface area contributed by atoms with Crippen LogP contribution in [0.1, 0.15) is 53.0 Å². The van der Waals surface area contributed by atoms with Crippen LogP contribution in [-0.2, 0) is 0 Å². The Morgan fingerprint density at radius 2 is 1.64 bits per heavy atom. The first-order chi connectivity index (χ1) is 13.4. The standard InChI is InChI=1S/C22H22N4O2/c1-14(2)19-9-4-5-10-20(19)26-22-23-12-17(13-24-22)21(28)25-18-8-6-7-16(11-18)15(3)27/h4-14H,1-3H3,(H,25,28)(H,23,24,26). The van der Waals surface area contributed by atoms with Crippen LogP contribution in [0.3, 0.4) is 0 Å². The number of carbonyl (C=O) groups excluding carboxylic acids is 2. The van der Waals surface area contributed by atoms with E-state index in [0.717, 1.165) is 5.69 Å². The molecule has 0 spiro atoms. The van der Waals surface area contributed by atoms with Crippen molar-refractivity contribution in [3.63, 3.8) is 0 Å². The summed E-state index contributed by atoms with van der Waals surface area (Å²) in [4.78, 5) is 32.4. The minimum atomic E-state index is -0.338. The Morgan fingerprint density at radius 3 is 2.32 bits per heavy atom. The fourth-order valence-corrected chi connectivity index (χ4v) is 2.76. The fourth-order valence-electron chi connectivity index (χ4n) is 2.76. The van der Waals surface area contributed by atoms with E-state index in [1.807, 2.05) is 18.2 Å². The highest BCUT2D eigenvalue weighted by Gasteiger charge is 2.11. The van der Waals surface area contributed by atoms with Gasteiger partial charge in [-0.05, 0) is 36.6 Å². The van der Waals surface area contributed by atoms with Crippen molar-refractivity contribution in [1.82, 2.24) is 9.97 Å². The molecule has 0 radical (unpaired) electrons. The highest BCUT2D eigenvalue weighted by molar-refractivity contribution is 6.04. The van der Waals surface area contributed by atoms with E-state index in [1.54, 1.807) is 24.3 Å². The molecule has 0 unspecified atom stereocenters. The molecule has 3 rings (SSSR count). The average molecular weight is 374 g/mol. The molecule has 0 atom stereocenters. The lowest BCUT2D eigenvalue weighted by Crippen LogP contribution is -2.13. The van der Waals surface area contributed by atoms with Crippen LogP contribution in [0.25, 0.3) is 0 Å². The van der Waals surface area contributed by atoms with E-state index in [4.69, 9.17) is 0 Å². The van der Waals surface area contributed by atoms with Crippen LogP contribution in [0.15, 0.2) is 60.9 Å². The third-order valence-corrected chi connectivity index (χ3v) is 4.27. The summed E-state index contributed by atoms with van der Waals surface area (Å²) in [5, 5.41) is 5.95. The number of carbonyl (C=O) groups is 2. The normalized spacial score (nSPS) is 10.6. The molecule has 3 aromatic rings. The molecule has 6 heteroatoms. The Kier molecular flexibility index (Phi) is 5.79. The Labute approximate surface area is 164 Å². The van der Waals surface area contributed by atoms with Crippen molar-refractivity contribution in [2.24, 2.45) is 0 Å². The molecule has 28 heavy (non-hydrogen) atoms. The molecule has 0 saturated heterocycles. The van der Waals surface area contributed by atoms with E-state index >= 15 is 0 Å². The molecule has 1 heterocycles. The number of Topliss-reactive ketones (excluding diaryl/α,β-unsaturated/α-hetero) is 1. The summed E-state index contributed by atoms with van der Waals surface area (Å²) in [5.41, 5.74) is 3.52. The van der Waals surface area contributed by atoms with Gasteiger partial charge in [-0.15, -0.1) is 0 Å². The van der Waals surface area contributed by atoms with E-state index in [2.05, 4.69) is 40.5 Å². The first-order valence-corrected chi connectivity index (χ1v) is 9.04. The molecule has 0 fully saturated rings. The van der Waals surface area contributed by atoms with Crippen molar-refractivity contribution in [3.05, 3.63) is 77.6 Å². The predicted molar refractivity (Wildman–Crippen MR) is 110 cm³/mol. The second-order valence-electron chi connectivity index (χ2n) is 6.75. The van der Waals surface area contributed by atoms with Gasteiger partial charge in [0.2, 0.25) is 5.95 Å². The Balaban J connectivity index is 1.71. The number of benzene rings is 2. The van der Waals surface area contributed by atoms with Gasteiger partial charge in [-0.1, -0.05) is 44.2 Å². The van der Waals surface area contributed by atoms with Gasteiger partial charge >= 0.3 is 0 Å². The predicted octanol–water partition coefficient (Wildman–Crippen LogP) is 4.80. The summed E-state index contributed by atoms with van der Waals surface area (Å²) in [5.74, 6) is 0.383. The summed E-state index contributed by atoms with van der Waals surface area (Å²) in [6, 6.07) is 14.8. The SMILES string of the molecule is CC(=O)c1cccc(NC(=O)c2cnc(Nc3ccccc3C(C)C)nc2)c1. The van der Waals surface area contributed by atoms with E-state index in [1.165, 1.54) is 24.9 Å². The minimum Gasteiger partial charge on any atom is -0.324 e. The van der Waals surface area contributed by atoms with Crippen LogP contribution < -0.4 is 10.6 Å². The second kappa shape index (κ2) is 8.43. The number of hydrogen-bond acceptors (Lipinski definition) is 5. The maximum Gasteiger partial charge on any atom is 0.258 e. The smallest absolute Gasteiger partial charge is 0.258 e. The number of hydrogen-bond donors (Lipinski definition) is 2.